The number of nitrogens with zero attached hydrogens (tertiary/aromatic N) is 2. The maximum Gasteiger partial charge on any atom is 0.192 e. The average Bonchev–Trinajstić information content (AvgIpc) is 1.90. The van der Waals surface area contributed by atoms with Crippen LogP contribution in [0.1, 0.15) is 0 Å². The summed E-state index contributed by atoms with van der Waals surface area (Å²) in [6.45, 7) is 0. The SMILES string of the molecule is O=Pc1ccccc1.[N].[N]. The van der Waals surface area contributed by atoms with Crippen molar-refractivity contribution in [2.24, 2.45) is 0 Å². The molecule has 0 unspecified atom stereocenters. The van der Waals surface area contributed by atoms with Crippen LogP contribution >= 0.6 is 8.46 Å². The molecule has 6 radical (unpaired) electrons. The molecular formula is C6H5N2OP. The highest BCUT2D eigenvalue weighted by Crippen LogP contribution is 1.92. The molecule has 0 saturated heterocycles. The molecule has 1 aromatic carbocycles. The first kappa shape index (κ1) is 12.0. The average molecular weight is 152 g/mol. The lowest BCUT2D eigenvalue weighted by Gasteiger charge is -1.80. The van der Waals surface area contributed by atoms with Crippen molar-refractivity contribution >= 4 is 13.8 Å². The Morgan fingerprint density at radius 2 is 1.50 bits per heavy atom. The molecule has 0 aromatic heterocycles. The highest BCUT2D eigenvalue weighted by molar-refractivity contribution is 7.34. The molecule has 0 heterocycles. The van der Waals surface area contributed by atoms with Crippen molar-refractivity contribution in [2.45, 2.75) is 0 Å². The molecule has 0 aliphatic rings. The van der Waals surface area contributed by atoms with Crippen LogP contribution in [-0.2, 0) is 4.57 Å². The van der Waals surface area contributed by atoms with Gasteiger partial charge in [0.1, 0.15) is 0 Å². The van der Waals surface area contributed by atoms with Gasteiger partial charge in [-0.2, -0.15) is 0 Å². The van der Waals surface area contributed by atoms with E-state index in [-0.39, 0.29) is 20.8 Å². The van der Waals surface area contributed by atoms with Gasteiger partial charge < -0.3 is 0 Å². The second-order valence-electron chi connectivity index (χ2n) is 1.43. The Balaban J connectivity index is 0. The number of hydrogen-bond acceptors (Lipinski definition) is 1. The fourth-order valence-electron chi connectivity index (χ4n) is 0.489. The van der Waals surface area contributed by atoms with Crippen LogP contribution < -0.4 is 17.6 Å². The zero-order valence-electron chi connectivity index (χ0n) is 5.14. The third kappa shape index (κ3) is 3.30. The molecule has 1 rings (SSSR count). The monoisotopic (exact) mass is 152 g/mol. The van der Waals surface area contributed by atoms with Crippen LogP contribution in [-0.4, -0.2) is 0 Å². The van der Waals surface area contributed by atoms with Gasteiger partial charge in [-0.3, -0.25) is 4.57 Å². The molecule has 0 spiro atoms. The Bertz CT molecular complexity index is 178. The van der Waals surface area contributed by atoms with Crippen molar-refractivity contribution in [3.05, 3.63) is 30.3 Å². The summed E-state index contributed by atoms with van der Waals surface area (Å²) < 4.78 is 10.1. The molecule has 0 bridgehead atoms. The minimum absolute atomic E-state index is 0. The third-order valence-corrected chi connectivity index (χ3v) is 1.37. The Kier molecular flexibility index (Phi) is 7.61. The van der Waals surface area contributed by atoms with E-state index >= 15 is 0 Å². The number of hydrogen-bond donors (Lipinski definition) is 0. The van der Waals surface area contributed by atoms with Gasteiger partial charge in [0.15, 0.2) is 8.46 Å². The summed E-state index contributed by atoms with van der Waals surface area (Å²) in [4.78, 5) is 0. The molecule has 50 valence electrons. The first-order valence-corrected chi connectivity index (χ1v) is 3.13. The lowest BCUT2D eigenvalue weighted by atomic mass is 10.4. The molecule has 0 atom stereocenters. The smallest absolute Gasteiger partial charge is 0.192 e. The second-order valence-corrected chi connectivity index (χ2v) is 2.13. The van der Waals surface area contributed by atoms with Crippen LogP contribution in [0.15, 0.2) is 30.3 Å². The minimum Gasteiger partial charge on any atom is -0.269 e. The highest BCUT2D eigenvalue weighted by atomic mass is 31.1. The van der Waals surface area contributed by atoms with Gasteiger partial charge >= 0.3 is 0 Å². The standard InChI is InChI=1S/C6H5OP.2N/c7-8-6-4-2-1-3-5-6;;/h1-5H;;. The van der Waals surface area contributed by atoms with Crippen molar-refractivity contribution in [3.63, 3.8) is 0 Å². The van der Waals surface area contributed by atoms with E-state index in [0.717, 1.165) is 5.30 Å². The summed E-state index contributed by atoms with van der Waals surface area (Å²) in [5.41, 5.74) is 0. The van der Waals surface area contributed by atoms with Crippen molar-refractivity contribution < 1.29 is 4.57 Å². The molecule has 3 nitrogen and oxygen atoms in total. The molecule has 4 heteroatoms. The van der Waals surface area contributed by atoms with Crippen molar-refractivity contribution in [3.8, 4) is 0 Å². The van der Waals surface area contributed by atoms with Crippen LogP contribution in [0.4, 0.5) is 0 Å². The summed E-state index contributed by atoms with van der Waals surface area (Å²) in [6, 6.07) is 9.25. The fourth-order valence-corrected chi connectivity index (χ4v) is 0.783. The van der Waals surface area contributed by atoms with Gasteiger partial charge in [0.05, 0.1) is 0 Å². The molecule has 0 aliphatic heterocycles. The van der Waals surface area contributed by atoms with E-state index in [9.17, 15) is 4.57 Å². The quantitative estimate of drug-likeness (QED) is 0.544. The topological polar surface area (TPSA) is 78.1 Å². The van der Waals surface area contributed by atoms with Crippen molar-refractivity contribution in [1.29, 1.82) is 0 Å². The van der Waals surface area contributed by atoms with Crippen LogP contribution in [0.5, 0.6) is 0 Å². The molecular weight excluding hydrogens is 147 g/mol. The van der Waals surface area contributed by atoms with E-state index in [2.05, 4.69) is 0 Å². The van der Waals surface area contributed by atoms with Crippen LogP contribution in [0, 0.1) is 0 Å². The normalized spacial score (nSPS) is 7.60. The predicted molar refractivity (Wildman–Crippen MR) is 38.0 cm³/mol. The van der Waals surface area contributed by atoms with Gasteiger partial charge in [-0.05, 0) is 12.1 Å². The van der Waals surface area contributed by atoms with E-state index in [1.165, 1.54) is 0 Å². The van der Waals surface area contributed by atoms with E-state index in [4.69, 9.17) is 0 Å². The molecule has 0 aliphatic carbocycles. The van der Waals surface area contributed by atoms with E-state index in [0.29, 0.717) is 0 Å². The summed E-state index contributed by atoms with van der Waals surface area (Å²) in [7, 11) is 0.0994. The predicted octanol–water partition coefficient (Wildman–Crippen LogP) is 0.642. The Morgan fingerprint density at radius 3 is 1.80 bits per heavy atom. The van der Waals surface area contributed by atoms with Crippen LogP contribution in [0.25, 0.3) is 0 Å². The van der Waals surface area contributed by atoms with Gasteiger partial charge in [-0.25, -0.2) is 0 Å². The Hall–Kier alpha value is -0.760. The van der Waals surface area contributed by atoms with Gasteiger partial charge in [-0.1, -0.05) is 18.2 Å². The van der Waals surface area contributed by atoms with Gasteiger partial charge in [-0.15, -0.1) is 0 Å². The maximum atomic E-state index is 10.1. The first-order valence-electron chi connectivity index (χ1n) is 2.32. The molecule has 0 saturated carbocycles. The van der Waals surface area contributed by atoms with Crippen molar-refractivity contribution in [2.75, 3.05) is 0 Å². The molecule has 0 amide bonds. The number of rotatable bonds is 1. The molecule has 0 fully saturated rings. The first-order chi connectivity index (χ1) is 3.93. The molecule has 1 aromatic rings. The van der Waals surface area contributed by atoms with Gasteiger partial charge in [0, 0.05) is 17.6 Å². The van der Waals surface area contributed by atoms with Crippen LogP contribution in [0.3, 0.4) is 0 Å². The van der Waals surface area contributed by atoms with E-state index in [1.54, 1.807) is 0 Å². The summed E-state index contributed by atoms with van der Waals surface area (Å²) in [5.74, 6) is 0. The molecule has 0 N–H and O–H groups in total. The largest absolute Gasteiger partial charge is 0.269 e. The maximum absolute atomic E-state index is 10.1. The summed E-state index contributed by atoms with van der Waals surface area (Å²) >= 11 is 0. The van der Waals surface area contributed by atoms with Gasteiger partial charge in [0.2, 0.25) is 0 Å². The third-order valence-electron chi connectivity index (χ3n) is 0.862. The van der Waals surface area contributed by atoms with E-state index in [1.807, 2.05) is 30.3 Å². The summed E-state index contributed by atoms with van der Waals surface area (Å²) in [5, 5.41) is 0.826. The lowest BCUT2D eigenvalue weighted by molar-refractivity contribution is 0.603. The summed E-state index contributed by atoms with van der Waals surface area (Å²) in [6.07, 6.45) is 0. The minimum atomic E-state index is 0. The Labute approximate surface area is 61.8 Å². The van der Waals surface area contributed by atoms with Crippen molar-refractivity contribution in [1.82, 2.24) is 12.3 Å². The van der Waals surface area contributed by atoms with Gasteiger partial charge in [0.25, 0.3) is 0 Å². The zero-order valence-corrected chi connectivity index (χ0v) is 6.03. The fraction of sp³-hybridized carbons (Fsp3) is 0. The van der Waals surface area contributed by atoms with Crippen LogP contribution in [0.2, 0.25) is 0 Å². The Morgan fingerprint density at radius 1 is 1.00 bits per heavy atom. The highest BCUT2D eigenvalue weighted by Gasteiger charge is 1.81. The molecule has 10 heavy (non-hydrogen) atoms. The zero-order chi connectivity index (χ0) is 5.82. The van der Waals surface area contributed by atoms with E-state index < -0.39 is 0 Å². The second kappa shape index (κ2) is 6.36. The number of benzene rings is 1. The lowest BCUT2D eigenvalue weighted by Crippen LogP contribution is -1.84.